The minimum Gasteiger partial charge on any atom is -0.338 e. The summed E-state index contributed by atoms with van der Waals surface area (Å²) in [7, 11) is 0. The molecule has 0 unspecified atom stereocenters. The van der Waals surface area contributed by atoms with Crippen molar-refractivity contribution in [3.05, 3.63) is 71.7 Å². The van der Waals surface area contributed by atoms with Gasteiger partial charge in [0.15, 0.2) is 11.6 Å². The molecule has 4 rings (SSSR count). The summed E-state index contributed by atoms with van der Waals surface area (Å²) in [6, 6.07) is 15.8. The summed E-state index contributed by atoms with van der Waals surface area (Å²) in [6.45, 7) is 4.17. The summed E-state index contributed by atoms with van der Waals surface area (Å²) >= 11 is 0. The molecule has 0 radical (unpaired) electrons. The molecule has 0 saturated carbocycles. The maximum Gasteiger partial charge on any atom is 0.169 e. The molecule has 0 aliphatic heterocycles. The summed E-state index contributed by atoms with van der Waals surface area (Å²) in [6.07, 6.45) is 1.22. The zero-order valence-corrected chi connectivity index (χ0v) is 14.8. The summed E-state index contributed by atoms with van der Waals surface area (Å²) in [5.41, 5.74) is 2.99. The number of benzene rings is 2. The van der Waals surface area contributed by atoms with Crippen LogP contribution in [0.15, 0.2) is 54.6 Å². The van der Waals surface area contributed by atoms with E-state index in [0.29, 0.717) is 17.8 Å². The van der Waals surface area contributed by atoms with Crippen molar-refractivity contribution >= 4 is 17.3 Å². The average Bonchev–Trinajstić information content (AvgIpc) is 2.93. The Hall–Kier alpha value is -2.95. The second-order valence-corrected chi connectivity index (χ2v) is 7.49. The summed E-state index contributed by atoms with van der Waals surface area (Å²) in [5.74, 6) is 0.341. The van der Waals surface area contributed by atoms with Crippen LogP contribution in [0.3, 0.4) is 0 Å². The molecule has 1 aromatic heterocycles. The second-order valence-electron chi connectivity index (χ2n) is 7.49. The van der Waals surface area contributed by atoms with Crippen LogP contribution in [-0.4, -0.2) is 15.6 Å². The number of carbonyl (C=O) groups is 1. The van der Waals surface area contributed by atoms with Crippen molar-refractivity contribution in [1.82, 2.24) is 9.78 Å². The molecule has 0 atom stereocenters. The Morgan fingerprint density at radius 1 is 1.04 bits per heavy atom. The topological polar surface area (TPSA) is 46.9 Å². The smallest absolute Gasteiger partial charge is 0.169 e. The van der Waals surface area contributed by atoms with Crippen LogP contribution >= 0.6 is 0 Å². The Labute approximate surface area is 151 Å². The molecule has 0 spiro atoms. The maximum absolute atomic E-state index is 13.3. The van der Waals surface area contributed by atoms with E-state index < -0.39 is 0 Å². The van der Waals surface area contributed by atoms with Crippen LogP contribution < -0.4 is 5.32 Å². The summed E-state index contributed by atoms with van der Waals surface area (Å²) in [4.78, 5) is 12.9. The second kappa shape index (κ2) is 6.09. The van der Waals surface area contributed by atoms with Crippen molar-refractivity contribution in [2.75, 3.05) is 5.32 Å². The molecular formula is C21H20FN3O. The molecule has 5 heteroatoms. The van der Waals surface area contributed by atoms with Crippen molar-refractivity contribution in [1.29, 1.82) is 0 Å². The van der Waals surface area contributed by atoms with Crippen LogP contribution in [-0.2, 0) is 6.42 Å². The van der Waals surface area contributed by atoms with E-state index in [2.05, 4.69) is 24.3 Å². The van der Waals surface area contributed by atoms with Crippen LogP contribution in [0.4, 0.5) is 15.9 Å². The van der Waals surface area contributed by atoms with Gasteiger partial charge in [-0.3, -0.25) is 4.79 Å². The number of para-hydroxylation sites is 1. The first-order valence-electron chi connectivity index (χ1n) is 8.66. The molecule has 0 bridgehead atoms. The number of anilines is 2. The Morgan fingerprint density at radius 2 is 1.73 bits per heavy atom. The van der Waals surface area contributed by atoms with E-state index in [1.807, 2.05) is 30.3 Å². The van der Waals surface area contributed by atoms with Gasteiger partial charge in [-0.15, -0.1) is 5.10 Å². The van der Waals surface area contributed by atoms with Crippen molar-refractivity contribution in [3.8, 4) is 5.69 Å². The fraction of sp³-hybridized carbons (Fsp3) is 0.238. The third kappa shape index (κ3) is 3.01. The fourth-order valence-electron chi connectivity index (χ4n) is 3.49. The molecule has 2 aromatic carbocycles. The summed E-state index contributed by atoms with van der Waals surface area (Å²) in [5, 5.41) is 7.93. The zero-order valence-electron chi connectivity index (χ0n) is 14.8. The molecule has 132 valence electrons. The standard InChI is InChI=1S/C21H20FN3O/c1-21(2)12-17-19(18(26)13-21)20(23-15-6-4-3-5-7-15)24-25(17)16-10-8-14(22)9-11-16/h3-11H,12-13H2,1-2H3,(H,23,24). The third-order valence-electron chi connectivity index (χ3n) is 4.65. The predicted octanol–water partition coefficient (Wildman–Crippen LogP) is 4.91. The molecule has 1 heterocycles. The van der Waals surface area contributed by atoms with Crippen LogP contribution in [0, 0.1) is 11.2 Å². The number of Topliss-reactive ketones (excluding diaryl/α,β-unsaturated/α-hetero) is 1. The van der Waals surface area contributed by atoms with Gasteiger partial charge in [0, 0.05) is 12.1 Å². The molecule has 0 amide bonds. The van der Waals surface area contributed by atoms with Crippen molar-refractivity contribution in [3.63, 3.8) is 0 Å². The monoisotopic (exact) mass is 349 g/mol. The van der Waals surface area contributed by atoms with Gasteiger partial charge in [-0.1, -0.05) is 32.0 Å². The highest BCUT2D eigenvalue weighted by molar-refractivity contribution is 6.03. The number of ketones is 1. The number of carbonyl (C=O) groups excluding carboxylic acids is 1. The molecule has 0 saturated heterocycles. The number of hydrogen-bond acceptors (Lipinski definition) is 3. The molecular weight excluding hydrogens is 329 g/mol. The van der Waals surface area contributed by atoms with Gasteiger partial charge >= 0.3 is 0 Å². The van der Waals surface area contributed by atoms with Crippen LogP contribution in [0.25, 0.3) is 5.69 Å². The SMILES string of the molecule is CC1(C)CC(=O)c2c(Nc3ccccc3)nn(-c3ccc(F)cc3)c2C1. The fourth-order valence-corrected chi connectivity index (χ4v) is 3.49. The van der Waals surface area contributed by atoms with Crippen LogP contribution in [0.1, 0.15) is 36.3 Å². The van der Waals surface area contributed by atoms with Gasteiger partial charge in [0.2, 0.25) is 0 Å². The van der Waals surface area contributed by atoms with E-state index in [1.165, 1.54) is 12.1 Å². The van der Waals surface area contributed by atoms with Gasteiger partial charge in [0.1, 0.15) is 5.82 Å². The molecule has 3 aromatic rings. The Kier molecular flexibility index (Phi) is 3.87. The normalized spacial score (nSPS) is 15.6. The third-order valence-corrected chi connectivity index (χ3v) is 4.65. The lowest BCUT2D eigenvalue weighted by Crippen LogP contribution is -2.28. The number of halogens is 1. The molecule has 0 fully saturated rings. The number of hydrogen-bond donors (Lipinski definition) is 1. The molecule has 4 nitrogen and oxygen atoms in total. The number of fused-ring (bicyclic) bond motifs is 1. The lowest BCUT2D eigenvalue weighted by Gasteiger charge is -2.29. The van der Waals surface area contributed by atoms with Gasteiger partial charge in [-0.2, -0.15) is 0 Å². The zero-order chi connectivity index (χ0) is 18.3. The van der Waals surface area contributed by atoms with E-state index in [9.17, 15) is 9.18 Å². The van der Waals surface area contributed by atoms with Crippen molar-refractivity contribution < 1.29 is 9.18 Å². The Bertz CT molecular complexity index is 959. The minimum absolute atomic E-state index is 0.0862. The average molecular weight is 349 g/mol. The Morgan fingerprint density at radius 3 is 2.42 bits per heavy atom. The highest BCUT2D eigenvalue weighted by Crippen LogP contribution is 2.39. The van der Waals surface area contributed by atoms with Crippen molar-refractivity contribution in [2.45, 2.75) is 26.7 Å². The lowest BCUT2D eigenvalue weighted by molar-refractivity contribution is 0.0912. The van der Waals surface area contributed by atoms with Crippen molar-refractivity contribution in [2.24, 2.45) is 5.41 Å². The maximum atomic E-state index is 13.3. The molecule has 1 aliphatic rings. The van der Waals surface area contributed by atoms with E-state index in [0.717, 1.165) is 23.5 Å². The number of rotatable bonds is 3. The highest BCUT2D eigenvalue weighted by atomic mass is 19.1. The highest BCUT2D eigenvalue weighted by Gasteiger charge is 2.36. The van der Waals surface area contributed by atoms with Crippen LogP contribution in [0.5, 0.6) is 0 Å². The summed E-state index contributed by atoms with van der Waals surface area (Å²) < 4.78 is 15.1. The first-order chi connectivity index (χ1) is 12.4. The first kappa shape index (κ1) is 16.5. The Balaban J connectivity index is 1.85. The predicted molar refractivity (Wildman–Crippen MR) is 99.7 cm³/mol. The van der Waals surface area contributed by atoms with Gasteiger partial charge in [-0.05, 0) is 48.2 Å². The molecule has 26 heavy (non-hydrogen) atoms. The molecule has 1 N–H and O–H groups in total. The van der Waals surface area contributed by atoms with E-state index in [1.54, 1.807) is 16.8 Å². The molecule has 1 aliphatic carbocycles. The van der Waals surface area contributed by atoms with Gasteiger partial charge in [0.05, 0.1) is 16.9 Å². The van der Waals surface area contributed by atoms with E-state index >= 15 is 0 Å². The van der Waals surface area contributed by atoms with E-state index in [-0.39, 0.29) is 17.0 Å². The number of nitrogens with zero attached hydrogens (tertiary/aromatic N) is 2. The lowest BCUT2D eigenvalue weighted by atomic mass is 9.76. The van der Waals surface area contributed by atoms with Crippen LogP contribution in [0.2, 0.25) is 0 Å². The number of nitrogens with one attached hydrogen (secondary N) is 1. The van der Waals surface area contributed by atoms with Gasteiger partial charge in [-0.25, -0.2) is 9.07 Å². The number of aromatic nitrogens is 2. The minimum atomic E-state index is -0.297. The van der Waals surface area contributed by atoms with Gasteiger partial charge < -0.3 is 5.32 Å². The quantitative estimate of drug-likeness (QED) is 0.731. The largest absolute Gasteiger partial charge is 0.338 e. The first-order valence-corrected chi connectivity index (χ1v) is 8.66. The van der Waals surface area contributed by atoms with Gasteiger partial charge in [0.25, 0.3) is 0 Å². The van der Waals surface area contributed by atoms with E-state index in [4.69, 9.17) is 0 Å².